The number of benzene rings is 2. The number of nitrogens with one attached hydrogen (secondary N) is 2. The predicted octanol–water partition coefficient (Wildman–Crippen LogP) is 3.89. The molecule has 0 aliphatic carbocycles. The minimum Gasteiger partial charge on any atom is -0.332 e. The smallest absolute Gasteiger partial charge is 0.258 e. The third kappa shape index (κ3) is 3.75. The molecular weight excluding hydrogens is 507 g/mol. The Morgan fingerprint density at radius 2 is 1.89 bits per heavy atom. The molecule has 0 bridgehead atoms. The van der Waals surface area contributed by atoms with E-state index in [1.807, 2.05) is 49.4 Å². The van der Waals surface area contributed by atoms with Crippen molar-refractivity contribution < 1.29 is 4.79 Å². The number of fused-ring (bicyclic) bond motifs is 1. The number of hydrogen-bond donors (Lipinski definition) is 2. The normalized spacial score (nSPS) is 10.8. The van der Waals surface area contributed by atoms with E-state index in [0.29, 0.717) is 5.56 Å². The second-order valence-electron chi connectivity index (χ2n) is 5.78. The monoisotopic (exact) mass is 520 g/mol. The molecule has 4 rings (SSSR count). The van der Waals surface area contributed by atoms with Gasteiger partial charge in [0.1, 0.15) is 5.01 Å². The third-order valence-electron chi connectivity index (χ3n) is 3.90. The summed E-state index contributed by atoms with van der Waals surface area (Å²) in [5.74, 6) is 0.470. The Morgan fingerprint density at radius 3 is 2.68 bits per heavy atom. The Labute approximate surface area is 183 Å². The summed E-state index contributed by atoms with van der Waals surface area (Å²) in [6.07, 6.45) is 0. The predicted molar refractivity (Wildman–Crippen MR) is 122 cm³/mol. The Hall–Kier alpha value is -2.44. The molecular formula is C18H13IN6OS2. The number of halogens is 1. The largest absolute Gasteiger partial charge is 0.332 e. The molecule has 28 heavy (non-hydrogen) atoms. The van der Waals surface area contributed by atoms with Crippen LogP contribution in [-0.4, -0.2) is 30.8 Å². The Bertz CT molecular complexity index is 1200. The first-order valence-corrected chi connectivity index (χ1v) is 10.5. The molecule has 0 aliphatic rings. The second kappa shape index (κ2) is 7.89. The van der Waals surface area contributed by atoms with Gasteiger partial charge in [-0.15, -0.1) is 10.2 Å². The van der Waals surface area contributed by atoms with Gasteiger partial charge in [-0.3, -0.25) is 10.1 Å². The highest BCUT2D eigenvalue weighted by atomic mass is 127. The van der Waals surface area contributed by atoms with Crippen LogP contribution in [0.3, 0.4) is 0 Å². The number of carbonyl (C=O) groups is 1. The molecule has 0 unspecified atom stereocenters. The molecule has 7 nitrogen and oxygen atoms in total. The molecule has 0 fully saturated rings. The van der Waals surface area contributed by atoms with Gasteiger partial charge in [0.25, 0.3) is 5.91 Å². The van der Waals surface area contributed by atoms with Crippen LogP contribution in [-0.2, 0) is 0 Å². The molecule has 2 N–H and O–H groups in total. The highest BCUT2D eigenvalue weighted by Crippen LogP contribution is 2.31. The van der Waals surface area contributed by atoms with Crippen molar-refractivity contribution in [3.63, 3.8) is 0 Å². The molecule has 2 aromatic carbocycles. The average molecular weight is 520 g/mol. The number of anilines is 1. The van der Waals surface area contributed by atoms with Gasteiger partial charge in [0.2, 0.25) is 4.96 Å². The van der Waals surface area contributed by atoms with Gasteiger partial charge < -0.3 is 5.32 Å². The molecule has 1 amide bonds. The fraction of sp³-hybridized carbons (Fsp3) is 0.0556. The van der Waals surface area contributed by atoms with Crippen LogP contribution in [0.15, 0.2) is 48.5 Å². The quantitative estimate of drug-likeness (QED) is 0.315. The summed E-state index contributed by atoms with van der Waals surface area (Å²) in [5.41, 5.74) is 2.19. The lowest BCUT2D eigenvalue weighted by molar-refractivity contribution is 0.0977. The van der Waals surface area contributed by atoms with Crippen molar-refractivity contribution in [1.29, 1.82) is 0 Å². The van der Waals surface area contributed by atoms with Crippen LogP contribution in [0.2, 0.25) is 0 Å². The lowest BCUT2D eigenvalue weighted by atomic mass is 10.2. The SMILES string of the molecule is Cc1nnc2sc(-c3ccccc3NC(=S)NC(=O)c3ccccc3I)nn12. The highest BCUT2D eigenvalue weighted by molar-refractivity contribution is 14.1. The number of aromatic nitrogens is 4. The van der Waals surface area contributed by atoms with E-state index in [1.54, 1.807) is 10.6 Å². The van der Waals surface area contributed by atoms with Crippen LogP contribution >= 0.6 is 46.1 Å². The zero-order valence-corrected chi connectivity index (χ0v) is 18.3. The molecule has 4 aromatic rings. The first-order valence-electron chi connectivity index (χ1n) is 8.18. The molecule has 140 valence electrons. The summed E-state index contributed by atoms with van der Waals surface area (Å²) in [7, 11) is 0. The fourth-order valence-electron chi connectivity index (χ4n) is 2.57. The van der Waals surface area contributed by atoms with Crippen molar-refractivity contribution in [3.8, 4) is 10.6 Å². The number of hydrogen-bond acceptors (Lipinski definition) is 6. The molecule has 0 aliphatic heterocycles. The minimum absolute atomic E-state index is 0.219. The van der Waals surface area contributed by atoms with Gasteiger partial charge in [0, 0.05) is 9.13 Å². The molecule has 0 atom stereocenters. The van der Waals surface area contributed by atoms with Crippen LogP contribution in [0.4, 0.5) is 5.69 Å². The summed E-state index contributed by atoms with van der Waals surface area (Å²) >= 11 is 8.90. The van der Waals surface area contributed by atoms with E-state index in [1.165, 1.54) is 11.3 Å². The van der Waals surface area contributed by atoms with Gasteiger partial charge in [-0.05, 0) is 66.0 Å². The number of aryl methyl sites for hydroxylation is 1. The van der Waals surface area contributed by atoms with Gasteiger partial charge in [-0.2, -0.15) is 9.61 Å². The van der Waals surface area contributed by atoms with Crippen molar-refractivity contribution in [1.82, 2.24) is 25.1 Å². The average Bonchev–Trinajstić information content (AvgIpc) is 3.24. The van der Waals surface area contributed by atoms with Crippen molar-refractivity contribution in [3.05, 3.63) is 63.5 Å². The maximum absolute atomic E-state index is 12.5. The maximum atomic E-state index is 12.5. The van der Waals surface area contributed by atoms with Crippen molar-refractivity contribution >= 4 is 67.8 Å². The van der Waals surface area contributed by atoms with E-state index in [9.17, 15) is 4.79 Å². The van der Waals surface area contributed by atoms with E-state index < -0.39 is 0 Å². The van der Waals surface area contributed by atoms with Gasteiger partial charge in [-0.25, -0.2) is 0 Å². The zero-order chi connectivity index (χ0) is 19.7. The van der Waals surface area contributed by atoms with Crippen molar-refractivity contribution in [2.24, 2.45) is 0 Å². The maximum Gasteiger partial charge on any atom is 0.258 e. The minimum atomic E-state index is -0.255. The van der Waals surface area contributed by atoms with Crippen LogP contribution in [0.25, 0.3) is 15.5 Å². The summed E-state index contributed by atoms with van der Waals surface area (Å²) in [6.45, 7) is 1.85. The summed E-state index contributed by atoms with van der Waals surface area (Å²) in [5, 5.41) is 19.5. The Balaban J connectivity index is 1.56. The van der Waals surface area contributed by atoms with Gasteiger partial charge in [0.15, 0.2) is 10.9 Å². The summed E-state index contributed by atoms with van der Waals surface area (Å²) < 4.78 is 2.56. The zero-order valence-electron chi connectivity index (χ0n) is 14.5. The number of amides is 1. The van der Waals surface area contributed by atoms with Crippen LogP contribution in [0.1, 0.15) is 16.2 Å². The van der Waals surface area contributed by atoms with Crippen molar-refractivity contribution in [2.45, 2.75) is 6.92 Å². The lowest BCUT2D eigenvalue weighted by Crippen LogP contribution is -2.34. The van der Waals surface area contributed by atoms with Crippen LogP contribution in [0.5, 0.6) is 0 Å². The van der Waals surface area contributed by atoms with Gasteiger partial charge in [0.05, 0.1) is 11.3 Å². The van der Waals surface area contributed by atoms with Crippen molar-refractivity contribution in [2.75, 3.05) is 5.32 Å². The van der Waals surface area contributed by atoms with Crippen LogP contribution < -0.4 is 10.6 Å². The first kappa shape index (κ1) is 18.9. The molecule has 0 spiro atoms. The molecule has 2 heterocycles. The number of rotatable bonds is 3. The van der Waals surface area contributed by atoms with Gasteiger partial charge >= 0.3 is 0 Å². The summed E-state index contributed by atoms with van der Waals surface area (Å²) in [4.78, 5) is 13.2. The van der Waals surface area contributed by atoms with E-state index in [4.69, 9.17) is 12.2 Å². The molecule has 0 saturated carbocycles. The number of nitrogens with zero attached hydrogens (tertiary/aromatic N) is 4. The number of carbonyl (C=O) groups excluding carboxylic acids is 1. The molecule has 10 heteroatoms. The van der Waals surface area contributed by atoms with E-state index in [-0.39, 0.29) is 11.0 Å². The van der Waals surface area contributed by atoms with E-state index in [0.717, 1.165) is 30.6 Å². The first-order chi connectivity index (χ1) is 13.5. The Morgan fingerprint density at radius 1 is 1.14 bits per heavy atom. The second-order valence-corrected chi connectivity index (χ2v) is 8.31. The van der Waals surface area contributed by atoms with Crippen LogP contribution in [0, 0.1) is 10.5 Å². The third-order valence-corrected chi connectivity index (χ3v) is 5.97. The van der Waals surface area contributed by atoms with Gasteiger partial charge in [-0.1, -0.05) is 35.6 Å². The Kier molecular flexibility index (Phi) is 5.33. The standard InChI is InChI=1S/C18H13IN6OS2/c1-10-22-23-18-25(10)24-16(28-18)12-7-3-5-9-14(12)20-17(27)21-15(26)11-6-2-4-8-13(11)19/h2-9H,1H3,(H2,20,21,26,27). The lowest BCUT2D eigenvalue weighted by Gasteiger charge is -2.12. The number of thiocarbonyl (C=S) groups is 1. The fourth-order valence-corrected chi connectivity index (χ4v) is 4.33. The molecule has 0 radical (unpaired) electrons. The highest BCUT2D eigenvalue weighted by Gasteiger charge is 2.15. The number of para-hydroxylation sites is 1. The molecule has 2 aromatic heterocycles. The van der Waals surface area contributed by atoms with E-state index in [2.05, 4.69) is 48.5 Å². The van der Waals surface area contributed by atoms with E-state index >= 15 is 0 Å². The topological polar surface area (TPSA) is 84.2 Å². The summed E-state index contributed by atoms with van der Waals surface area (Å²) in [6, 6.07) is 15.0. The molecule has 0 saturated heterocycles.